The largest absolute Gasteiger partial charge is 0.319 e. The van der Waals surface area contributed by atoms with E-state index in [9.17, 15) is 0 Å². The van der Waals surface area contributed by atoms with Crippen LogP contribution in [0, 0.1) is 5.92 Å². The first-order chi connectivity index (χ1) is 8.71. The quantitative estimate of drug-likeness (QED) is 0.901. The summed E-state index contributed by atoms with van der Waals surface area (Å²) in [5.74, 6) is 0.856. The van der Waals surface area contributed by atoms with E-state index in [-0.39, 0.29) is 5.54 Å². The Morgan fingerprint density at radius 3 is 2.89 bits per heavy atom. The Bertz CT molecular complexity index is 508. The van der Waals surface area contributed by atoms with Crippen LogP contribution < -0.4 is 5.73 Å². The maximum atomic E-state index is 6.58. The van der Waals surface area contributed by atoms with Crippen LogP contribution in [0.1, 0.15) is 44.0 Å². The normalized spacial score (nSPS) is 28.7. The van der Waals surface area contributed by atoms with Crippen LogP contribution in [0.15, 0.2) is 18.3 Å². The molecule has 0 saturated heterocycles. The van der Waals surface area contributed by atoms with Crippen molar-refractivity contribution < 1.29 is 0 Å². The number of nitrogens with zero attached hydrogens (tertiary/aromatic N) is 2. The molecule has 1 fully saturated rings. The second-order valence-electron chi connectivity index (χ2n) is 5.35. The highest BCUT2D eigenvalue weighted by Gasteiger charge is 2.35. The highest BCUT2D eigenvalue weighted by Crippen LogP contribution is 2.40. The van der Waals surface area contributed by atoms with Gasteiger partial charge in [0.2, 0.25) is 0 Å². The molecule has 1 saturated carbocycles. The number of nitrogens with two attached hydrogens (primary N) is 1. The lowest BCUT2D eigenvalue weighted by Crippen LogP contribution is -2.40. The molecule has 3 nitrogen and oxygen atoms in total. The van der Waals surface area contributed by atoms with Gasteiger partial charge in [-0.3, -0.25) is 0 Å². The van der Waals surface area contributed by atoms with Crippen molar-refractivity contribution in [1.82, 2.24) is 9.97 Å². The van der Waals surface area contributed by atoms with Crippen LogP contribution in [0.5, 0.6) is 0 Å². The van der Waals surface area contributed by atoms with Crippen molar-refractivity contribution in [2.75, 3.05) is 0 Å². The van der Waals surface area contributed by atoms with E-state index in [0.29, 0.717) is 0 Å². The van der Waals surface area contributed by atoms with Gasteiger partial charge in [-0.2, -0.15) is 0 Å². The van der Waals surface area contributed by atoms with Crippen LogP contribution in [0.3, 0.4) is 0 Å². The summed E-state index contributed by atoms with van der Waals surface area (Å²) >= 11 is 1.66. The number of aromatic nitrogens is 2. The lowest BCUT2D eigenvalue weighted by molar-refractivity contribution is 0.231. The maximum absolute atomic E-state index is 6.58. The zero-order chi connectivity index (χ0) is 12.6. The third kappa shape index (κ3) is 2.04. The van der Waals surface area contributed by atoms with Crippen molar-refractivity contribution in [2.45, 2.75) is 44.6 Å². The Morgan fingerprint density at radius 1 is 1.44 bits per heavy atom. The molecule has 96 valence electrons. The van der Waals surface area contributed by atoms with E-state index in [1.165, 1.54) is 19.3 Å². The van der Waals surface area contributed by atoms with Crippen LogP contribution in [-0.2, 0) is 5.54 Å². The van der Waals surface area contributed by atoms with Gasteiger partial charge in [0, 0.05) is 6.20 Å². The third-order valence-corrected chi connectivity index (χ3v) is 5.37. The predicted octanol–water partition coefficient (Wildman–Crippen LogP) is 3.45. The molecule has 2 aromatic heterocycles. The van der Waals surface area contributed by atoms with Crippen molar-refractivity contribution in [3.63, 3.8) is 0 Å². The van der Waals surface area contributed by atoms with Crippen LogP contribution in [-0.4, -0.2) is 9.97 Å². The molecule has 2 N–H and O–H groups in total. The molecule has 0 spiro atoms. The molecule has 18 heavy (non-hydrogen) atoms. The minimum Gasteiger partial charge on any atom is -0.319 e. The molecule has 0 aromatic carbocycles. The fraction of sp³-hybridized carbons (Fsp3) is 0.571. The van der Waals surface area contributed by atoms with Crippen molar-refractivity contribution in [2.24, 2.45) is 11.7 Å². The van der Waals surface area contributed by atoms with Crippen LogP contribution in [0.4, 0.5) is 0 Å². The first-order valence-corrected chi connectivity index (χ1v) is 7.54. The van der Waals surface area contributed by atoms with Gasteiger partial charge in [-0.05, 0) is 43.7 Å². The highest BCUT2D eigenvalue weighted by atomic mass is 32.1. The first-order valence-electron chi connectivity index (χ1n) is 6.72. The van der Waals surface area contributed by atoms with E-state index < -0.39 is 0 Å². The van der Waals surface area contributed by atoms with Crippen molar-refractivity contribution >= 4 is 21.7 Å². The Kier molecular flexibility index (Phi) is 3.08. The van der Waals surface area contributed by atoms with Crippen LogP contribution in [0.2, 0.25) is 0 Å². The molecule has 2 heterocycles. The van der Waals surface area contributed by atoms with Crippen LogP contribution >= 0.6 is 11.3 Å². The monoisotopic (exact) mass is 261 g/mol. The number of hydrogen-bond donors (Lipinski definition) is 1. The summed E-state index contributed by atoms with van der Waals surface area (Å²) in [5.41, 5.74) is 7.36. The standard InChI is InChI=1S/C14H19N3S/c1-2-10-5-7-14(15,8-6-10)13-17-11-4-3-9-16-12(11)18-13/h3-4,9-10H,2,5-8,15H2,1H3. The summed E-state index contributed by atoms with van der Waals surface area (Å²) in [6, 6.07) is 3.95. The van der Waals surface area contributed by atoms with E-state index in [4.69, 9.17) is 10.7 Å². The number of fused-ring (bicyclic) bond motifs is 1. The summed E-state index contributed by atoms with van der Waals surface area (Å²) in [5, 5.41) is 1.07. The summed E-state index contributed by atoms with van der Waals surface area (Å²) in [4.78, 5) is 10.1. The summed E-state index contributed by atoms with van der Waals surface area (Å²) in [7, 11) is 0. The average molecular weight is 261 g/mol. The maximum Gasteiger partial charge on any atom is 0.143 e. The Labute approximate surface area is 111 Å². The molecule has 0 amide bonds. The zero-order valence-electron chi connectivity index (χ0n) is 10.7. The SMILES string of the molecule is CCC1CCC(N)(c2nc3cccnc3s2)CC1. The van der Waals surface area contributed by atoms with Gasteiger partial charge in [0.15, 0.2) is 0 Å². The second kappa shape index (κ2) is 4.59. The Balaban J connectivity index is 1.89. The smallest absolute Gasteiger partial charge is 0.143 e. The van der Waals surface area contributed by atoms with E-state index in [0.717, 1.165) is 34.1 Å². The summed E-state index contributed by atoms with van der Waals surface area (Å²) in [6.45, 7) is 2.27. The molecule has 0 unspecified atom stereocenters. The molecule has 0 bridgehead atoms. The van der Waals surface area contributed by atoms with E-state index in [1.54, 1.807) is 11.3 Å². The number of thiazole rings is 1. The second-order valence-corrected chi connectivity index (χ2v) is 6.33. The topological polar surface area (TPSA) is 51.8 Å². The predicted molar refractivity (Wildman–Crippen MR) is 75.5 cm³/mol. The van der Waals surface area contributed by atoms with Gasteiger partial charge in [-0.1, -0.05) is 24.7 Å². The Morgan fingerprint density at radius 2 is 2.22 bits per heavy atom. The lowest BCUT2D eigenvalue weighted by atomic mass is 9.76. The number of rotatable bonds is 2. The fourth-order valence-corrected chi connectivity index (χ4v) is 3.86. The Hall–Kier alpha value is -1.00. The molecule has 1 aliphatic carbocycles. The summed E-state index contributed by atoms with van der Waals surface area (Å²) in [6.07, 6.45) is 7.68. The molecular formula is C14H19N3S. The molecule has 4 heteroatoms. The molecule has 1 aliphatic rings. The van der Waals surface area contributed by atoms with Gasteiger partial charge in [-0.15, -0.1) is 0 Å². The van der Waals surface area contributed by atoms with E-state index >= 15 is 0 Å². The minimum atomic E-state index is -0.211. The highest BCUT2D eigenvalue weighted by molar-refractivity contribution is 7.18. The average Bonchev–Trinajstić information content (AvgIpc) is 2.84. The minimum absolute atomic E-state index is 0.211. The number of pyridine rings is 1. The first kappa shape index (κ1) is 12.1. The van der Waals surface area contributed by atoms with Crippen molar-refractivity contribution in [3.05, 3.63) is 23.3 Å². The van der Waals surface area contributed by atoms with Gasteiger partial charge >= 0.3 is 0 Å². The molecule has 3 rings (SSSR count). The van der Waals surface area contributed by atoms with Gasteiger partial charge in [-0.25, -0.2) is 9.97 Å². The zero-order valence-corrected chi connectivity index (χ0v) is 11.5. The molecule has 0 atom stereocenters. The third-order valence-electron chi connectivity index (χ3n) is 4.17. The van der Waals surface area contributed by atoms with Gasteiger partial charge in [0.05, 0.1) is 5.54 Å². The molecule has 0 radical (unpaired) electrons. The van der Waals surface area contributed by atoms with Crippen molar-refractivity contribution in [1.29, 1.82) is 0 Å². The summed E-state index contributed by atoms with van der Waals surface area (Å²) < 4.78 is 0. The molecule has 0 aliphatic heterocycles. The lowest BCUT2D eigenvalue weighted by Gasteiger charge is -2.35. The molecular weight excluding hydrogens is 242 g/mol. The molecule has 2 aromatic rings. The number of hydrogen-bond acceptors (Lipinski definition) is 4. The van der Waals surface area contributed by atoms with Gasteiger partial charge in [0.1, 0.15) is 15.4 Å². The van der Waals surface area contributed by atoms with E-state index in [1.807, 2.05) is 18.3 Å². The fourth-order valence-electron chi connectivity index (χ4n) is 2.80. The van der Waals surface area contributed by atoms with E-state index in [2.05, 4.69) is 11.9 Å². The van der Waals surface area contributed by atoms with Gasteiger partial charge < -0.3 is 5.73 Å². The van der Waals surface area contributed by atoms with Crippen molar-refractivity contribution in [3.8, 4) is 0 Å². The van der Waals surface area contributed by atoms with Crippen LogP contribution in [0.25, 0.3) is 10.3 Å². The van der Waals surface area contributed by atoms with Gasteiger partial charge in [0.25, 0.3) is 0 Å².